The highest BCUT2D eigenvalue weighted by molar-refractivity contribution is 5.79. The van der Waals surface area contributed by atoms with Gasteiger partial charge in [-0.3, -0.25) is 4.79 Å². The maximum Gasteiger partial charge on any atom is 0.224 e. The lowest BCUT2D eigenvalue weighted by atomic mass is 9.88. The molecule has 0 aliphatic carbocycles. The molecule has 0 saturated carbocycles. The minimum atomic E-state index is -0.292. The molecule has 2 aromatic carbocycles. The largest absolute Gasteiger partial charge is 0.487 e. The summed E-state index contributed by atoms with van der Waals surface area (Å²) in [5, 5.41) is 3.23. The number of amides is 1. The first-order chi connectivity index (χ1) is 11.7. The minimum absolute atomic E-state index is 0.0168. The van der Waals surface area contributed by atoms with Gasteiger partial charge in [0.1, 0.15) is 11.4 Å². The summed E-state index contributed by atoms with van der Waals surface area (Å²) in [4.78, 5) is 12.7. The number of benzene rings is 2. The van der Waals surface area contributed by atoms with Gasteiger partial charge in [-0.25, -0.2) is 0 Å². The highest BCUT2D eigenvalue weighted by Crippen LogP contribution is 2.39. The Morgan fingerprint density at radius 3 is 2.52 bits per heavy atom. The monoisotopic (exact) mass is 337 g/mol. The number of nitrogens with one attached hydrogen (secondary N) is 1. The number of hydrogen-bond acceptors (Lipinski definition) is 2. The fourth-order valence-corrected chi connectivity index (χ4v) is 3.57. The zero-order valence-corrected chi connectivity index (χ0v) is 15.8. The van der Waals surface area contributed by atoms with Crippen LogP contribution in [0.5, 0.6) is 5.75 Å². The van der Waals surface area contributed by atoms with E-state index in [2.05, 4.69) is 70.3 Å². The minimum Gasteiger partial charge on any atom is -0.487 e. The molecule has 1 aliphatic rings. The molecule has 3 nitrogen and oxygen atoms in total. The first-order valence-corrected chi connectivity index (χ1v) is 8.88. The summed E-state index contributed by atoms with van der Waals surface area (Å²) in [7, 11) is 0. The molecule has 0 fully saturated rings. The third-order valence-electron chi connectivity index (χ3n) is 4.81. The van der Waals surface area contributed by atoms with E-state index in [0.29, 0.717) is 6.42 Å². The van der Waals surface area contributed by atoms with E-state index in [1.54, 1.807) is 0 Å². The number of hydrogen-bond donors (Lipinski definition) is 1. The first kappa shape index (κ1) is 17.5. The van der Waals surface area contributed by atoms with Gasteiger partial charge in [0.05, 0.1) is 12.5 Å². The molecule has 1 aliphatic heterocycles. The molecule has 1 N–H and O–H groups in total. The van der Waals surface area contributed by atoms with E-state index in [1.807, 2.05) is 6.07 Å². The summed E-state index contributed by atoms with van der Waals surface area (Å²) in [6.45, 7) is 10.3. The molecule has 3 heteroatoms. The van der Waals surface area contributed by atoms with Crippen molar-refractivity contribution in [3.63, 3.8) is 0 Å². The second kappa shape index (κ2) is 6.55. The highest BCUT2D eigenvalue weighted by atomic mass is 16.5. The van der Waals surface area contributed by atoms with Crippen molar-refractivity contribution in [2.24, 2.45) is 0 Å². The molecule has 1 atom stereocenters. The van der Waals surface area contributed by atoms with Gasteiger partial charge in [-0.2, -0.15) is 0 Å². The molecule has 3 rings (SSSR count). The van der Waals surface area contributed by atoms with Crippen LogP contribution in [0.4, 0.5) is 0 Å². The van der Waals surface area contributed by atoms with Crippen LogP contribution in [0, 0.1) is 20.8 Å². The maximum atomic E-state index is 12.7. The summed E-state index contributed by atoms with van der Waals surface area (Å²) in [6.07, 6.45) is 1.17. The average Bonchev–Trinajstić information content (AvgIpc) is 2.50. The Labute approximate surface area is 150 Å². The summed E-state index contributed by atoms with van der Waals surface area (Å²) in [6, 6.07) is 12.4. The molecular formula is C22H27NO2. The van der Waals surface area contributed by atoms with Crippen molar-refractivity contribution >= 4 is 5.91 Å². The molecule has 0 aromatic heterocycles. The molecule has 0 unspecified atom stereocenters. The van der Waals surface area contributed by atoms with Crippen LogP contribution in [0.1, 0.15) is 54.1 Å². The lowest BCUT2D eigenvalue weighted by molar-refractivity contribution is -0.121. The fraction of sp³-hybridized carbons (Fsp3) is 0.409. The average molecular weight is 337 g/mol. The Kier molecular flexibility index (Phi) is 4.59. The van der Waals surface area contributed by atoms with Crippen LogP contribution in [0.25, 0.3) is 0 Å². The summed E-state index contributed by atoms with van der Waals surface area (Å²) < 4.78 is 6.09. The number of fused-ring (bicyclic) bond motifs is 1. The van der Waals surface area contributed by atoms with Crippen molar-refractivity contribution in [2.75, 3.05) is 0 Å². The fourth-order valence-electron chi connectivity index (χ4n) is 3.57. The predicted octanol–water partition coefficient (Wildman–Crippen LogP) is 4.57. The Morgan fingerprint density at radius 1 is 1.12 bits per heavy atom. The van der Waals surface area contributed by atoms with Crippen molar-refractivity contribution in [2.45, 2.75) is 59.1 Å². The van der Waals surface area contributed by atoms with Gasteiger partial charge in [-0.1, -0.05) is 41.5 Å². The lowest BCUT2D eigenvalue weighted by Crippen LogP contribution is -2.41. The van der Waals surface area contributed by atoms with Gasteiger partial charge < -0.3 is 10.1 Å². The normalized spacial score (nSPS) is 18.2. The summed E-state index contributed by atoms with van der Waals surface area (Å²) in [5.74, 6) is 0.931. The summed E-state index contributed by atoms with van der Waals surface area (Å²) >= 11 is 0. The first-order valence-electron chi connectivity index (χ1n) is 8.88. The molecule has 0 saturated heterocycles. The van der Waals surface area contributed by atoms with Crippen LogP contribution < -0.4 is 10.1 Å². The Bertz CT molecular complexity index is 808. The molecule has 0 bridgehead atoms. The smallest absolute Gasteiger partial charge is 0.224 e. The third kappa shape index (κ3) is 4.04. The third-order valence-corrected chi connectivity index (χ3v) is 4.81. The number of ether oxygens (including phenoxy) is 1. The van der Waals surface area contributed by atoms with Crippen LogP contribution in [0.3, 0.4) is 0 Å². The number of carbonyl (C=O) groups excluding carboxylic acids is 1. The van der Waals surface area contributed by atoms with Crippen molar-refractivity contribution in [3.05, 3.63) is 64.2 Å². The van der Waals surface area contributed by atoms with E-state index in [4.69, 9.17) is 4.74 Å². The molecule has 1 heterocycles. The summed E-state index contributed by atoms with van der Waals surface area (Å²) in [5.41, 5.74) is 5.43. The molecule has 25 heavy (non-hydrogen) atoms. The van der Waals surface area contributed by atoms with Crippen LogP contribution in [0.15, 0.2) is 36.4 Å². The molecular weight excluding hydrogens is 310 g/mol. The Morgan fingerprint density at radius 2 is 1.80 bits per heavy atom. The highest BCUT2D eigenvalue weighted by Gasteiger charge is 2.34. The van der Waals surface area contributed by atoms with Gasteiger partial charge in [-0.05, 0) is 51.8 Å². The Balaban J connectivity index is 1.80. The molecule has 1 amide bonds. The van der Waals surface area contributed by atoms with Gasteiger partial charge in [-0.15, -0.1) is 0 Å². The van der Waals surface area contributed by atoms with E-state index in [-0.39, 0.29) is 17.6 Å². The molecule has 0 spiro atoms. The van der Waals surface area contributed by atoms with Crippen LogP contribution >= 0.6 is 0 Å². The van der Waals surface area contributed by atoms with E-state index in [9.17, 15) is 4.79 Å². The Hall–Kier alpha value is -2.29. The van der Waals surface area contributed by atoms with Gasteiger partial charge in [0.2, 0.25) is 5.91 Å². The van der Waals surface area contributed by atoms with Gasteiger partial charge in [0, 0.05) is 12.0 Å². The maximum absolute atomic E-state index is 12.7. The number of rotatable bonds is 3. The van der Waals surface area contributed by atoms with Crippen LogP contribution in [0.2, 0.25) is 0 Å². The number of carbonyl (C=O) groups is 1. The van der Waals surface area contributed by atoms with Crippen molar-refractivity contribution in [1.82, 2.24) is 5.32 Å². The van der Waals surface area contributed by atoms with E-state index in [1.165, 1.54) is 16.7 Å². The molecule has 0 radical (unpaired) electrons. The quantitative estimate of drug-likeness (QED) is 0.891. The van der Waals surface area contributed by atoms with Crippen molar-refractivity contribution < 1.29 is 9.53 Å². The molecule has 2 aromatic rings. The second-order valence-electron chi connectivity index (χ2n) is 7.83. The predicted molar refractivity (Wildman–Crippen MR) is 101 cm³/mol. The zero-order chi connectivity index (χ0) is 18.2. The van der Waals surface area contributed by atoms with Crippen LogP contribution in [-0.2, 0) is 11.2 Å². The van der Waals surface area contributed by atoms with Crippen molar-refractivity contribution in [3.8, 4) is 5.75 Å². The van der Waals surface area contributed by atoms with Gasteiger partial charge in [0.15, 0.2) is 0 Å². The second-order valence-corrected chi connectivity index (χ2v) is 7.83. The SMILES string of the molecule is Cc1ccc(CC(=O)N[C@H]2CC(C)(C)Oc3ccc(C)cc32)c(C)c1. The lowest BCUT2D eigenvalue weighted by Gasteiger charge is -2.38. The number of aryl methyl sites for hydroxylation is 3. The zero-order valence-electron chi connectivity index (χ0n) is 15.8. The van der Waals surface area contributed by atoms with Crippen molar-refractivity contribution in [1.29, 1.82) is 0 Å². The topological polar surface area (TPSA) is 38.3 Å². The van der Waals surface area contributed by atoms with Gasteiger partial charge >= 0.3 is 0 Å². The van der Waals surface area contributed by atoms with E-state index < -0.39 is 0 Å². The van der Waals surface area contributed by atoms with E-state index >= 15 is 0 Å². The van der Waals surface area contributed by atoms with Gasteiger partial charge in [0.25, 0.3) is 0 Å². The van der Waals surface area contributed by atoms with E-state index in [0.717, 1.165) is 23.3 Å². The standard InChI is InChI=1S/C22H27NO2/c1-14-6-8-17(16(3)10-14)12-21(24)23-19-13-22(4,5)25-20-9-7-15(2)11-18(19)20/h6-11,19H,12-13H2,1-5H3,(H,23,24)/t19-/m0/s1. The van der Waals surface area contributed by atoms with Crippen LogP contribution in [-0.4, -0.2) is 11.5 Å². The molecule has 132 valence electrons.